The molecule has 3 aromatic rings. The first kappa shape index (κ1) is 17.0. The molecule has 0 saturated heterocycles. The number of fused-ring (bicyclic) bond motifs is 2. The molecule has 0 spiro atoms. The average molecular weight is 365 g/mol. The lowest BCUT2D eigenvalue weighted by Crippen LogP contribution is -2.47. The first-order chi connectivity index (χ1) is 12.9. The minimum Gasteiger partial charge on any atom is -0.479 e. The quantitative estimate of drug-likeness (QED) is 0.767. The fourth-order valence-electron chi connectivity index (χ4n) is 3.24. The molecule has 2 amide bonds. The molecule has 0 unspecified atom stereocenters. The van der Waals surface area contributed by atoms with Gasteiger partial charge in [-0.05, 0) is 32.0 Å². The monoisotopic (exact) mass is 365 g/mol. The van der Waals surface area contributed by atoms with Crippen molar-refractivity contribution in [3.8, 4) is 5.75 Å². The lowest BCUT2D eigenvalue weighted by Gasteiger charge is -2.32. The molecule has 4 rings (SSSR count). The van der Waals surface area contributed by atoms with Gasteiger partial charge in [-0.1, -0.05) is 12.1 Å². The zero-order valence-electron chi connectivity index (χ0n) is 15.3. The first-order valence-corrected chi connectivity index (χ1v) is 8.60. The number of carbonyl (C=O) groups excluding carboxylic acids is 2. The lowest BCUT2D eigenvalue weighted by atomic mass is 10.2. The largest absolute Gasteiger partial charge is 0.479 e. The second-order valence-electron chi connectivity index (χ2n) is 6.50. The second kappa shape index (κ2) is 6.39. The van der Waals surface area contributed by atoms with Gasteiger partial charge in [0.05, 0.1) is 23.3 Å². The fraction of sp³-hybridized carbons (Fsp3) is 0.263. The Balaban J connectivity index is 1.56. The molecule has 0 aliphatic carbocycles. The van der Waals surface area contributed by atoms with E-state index in [1.54, 1.807) is 36.0 Å². The third-order valence-electron chi connectivity index (χ3n) is 4.52. The van der Waals surface area contributed by atoms with Gasteiger partial charge < -0.3 is 10.1 Å². The van der Waals surface area contributed by atoms with E-state index in [9.17, 15) is 9.59 Å². The van der Waals surface area contributed by atoms with E-state index in [0.717, 1.165) is 16.7 Å². The van der Waals surface area contributed by atoms with E-state index >= 15 is 0 Å². The summed E-state index contributed by atoms with van der Waals surface area (Å²) in [5, 5.41) is 8.00. The minimum atomic E-state index is -0.635. The summed E-state index contributed by atoms with van der Waals surface area (Å²) in [6, 6.07) is 9.02. The van der Waals surface area contributed by atoms with Crippen LogP contribution in [-0.2, 0) is 16.6 Å². The molecule has 1 atom stereocenters. The minimum absolute atomic E-state index is 0.104. The molecule has 8 nitrogen and oxygen atoms in total. The number of amides is 2. The van der Waals surface area contributed by atoms with E-state index in [2.05, 4.69) is 15.4 Å². The smallest absolute Gasteiger partial charge is 0.268 e. The van der Waals surface area contributed by atoms with Crippen LogP contribution < -0.4 is 15.0 Å². The normalized spacial score (nSPS) is 16.2. The molecule has 3 heterocycles. The van der Waals surface area contributed by atoms with Crippen molar-refractivity contribution in [3.63, 3.8) is 0 Å². The average Bonchev–Trinajstić information content (AvgIpc) is 2.92. The standard InChI is InChI=1S/C19H19N5O3/c1-11-14-8-13(9-20-18(14)23(3)22-11)21-17(25)10-24-15-6-4-5-7-16(15)27-12(2)19(24)26/h4-9,12H,10H2,1-3H3,(H,21,25)/t12-/m1/s1. The van der Waals surface area contributed by atoms with Crippen molar-refractivity contribution in [2.75, 3.05) is 16.8 Å². The van der Waals surface area contributed by atoms with E-state index in [1.165, 1.54) is 4.90 Å². The molecule has 2 aromatic heterocycles. The van der Waals surface area contributed by atoms with E-state index in [0.29, 0.717) is 17.1 Å². The number of para-hydroxylation sites is 2. The number of aromatic nitrogens is 3. The highest BCUT2D eigenvalue weighted by atomic mass is 16.5. The Morgan fingerprint density at radius 1 is 1.33 bits per heavy atom. The Bertz CT molecular complexity index is 1060. The van der Waals surface area contributed by atoms with Gasteiger partial charge >= 0.3 is 0 Å². The Morgan fingerprint density at radius 3 is 2.93 bits per heavy atom. The number of aryl methyl sites for hydroxylation is 2. The Morgan fingerprint density at radius 2 is 2.11 bits per heavy atom. The predicted molar refractivity (Wildman–Crippen MR) is 101 cm³/mol. The van der Waals surface area contributed by atoms with Crippen LogP contribution in [0.4, 0.5) is 11.4 Å². The highest BCUT2D eigenvalue weighted by molar-refractivity contribution is 6.06. The van der Waals surface area contributed by atoms with E-state index in [-0.39, 0.29) is 18.4 Å². The number of nitrogens with one attached hydrogen (secondary N) is 1. The van der Waals surface area contributed by atoms with Crippen molar-refractivity contribution in [3.05, 3.63) is 42.2 Å². The SMILES string of the molecule is Cc1nn(C)c2ncc(NC(=O)CN3C(=O)[C@@H](C)Oc4ccccc43)cc12. The molecular weight excluding hydrogens is 346 g/mol. The zero-order chi connectivity index (χ0) is 19.1. The first-order valence-electron chi connectivity index (χ1n) is 8.60. The number of pyridine rings is 1. The van der Waals surface area contributed by atoms with Gasteiger partial charge in [0.15, 0.2) is 11.8 Å². The Kier molecular flexibility index (Phi) is 4.02. The number of carbonyl (C=O) groups is 2. The fourth-order valence-corrected chi connectivity index (χ4v) is 3.24. The number of nitrogens with zero attached hydrogens (tertiary/aromatic N) is 4. The number of ether oxygens (including phenoxy) is 1. The van der Waals surface area contributed by atoms with Crippen LogP contribution in [-0.4, -0.2) is 39.2 Å². The number of hydrogen-bond acceptors (Lipinski definition) is 5. The van der Waals surface area contributed by atoms with Crippen molar-refractivity contribution in [1.82, 2.24) is 14.8 Å². The van der Waals surface area contributed by atoms with Crippen LogP contribution in [0.5, 0.6) is 5.75 Å². The Labute approximate surface area is 155 Å². The van der Waals surface area contributed by atoms with Gasteiger partial charge in [0.25, 0.3) is 5.91 Å². The van der Waals surface area contributed by atoms with Crippen LogP contribution in [0, 0.1) is 6.92 Å². The number of benzene rings is 1. The second-order valence-corrected chi connectivity index (χ2v) is 6.50. The molecular formula is C19H19N5O3. The molecule has 0 fully saturated rings. The van der Waals surface area contributed by atoms with Crippen LogP contribution in [0.3, 0.4) is 0 Å². The van der Waals surface area contributed by atoms with Crippen molar-refractivity contribution >= 4 is 34.2 Å². The van der Waals surface area contributed by atoms with Crippen LogP contribution in [0.15, 0.2) is 36.5 Å². The zero-order valence-corrected chi connectivity index (χ0v) is 15.3. The van der Waals surface area contributed by atoms with Crippen molar-refractivity contribution in [2.45, 2.75) is 20.0 Å². The number of hydrogen-bond donors (Lipinski definition) is 1. The van der Waals surface area contributed by atoms with Crippen LogP contribution >= 0.6 is 0 Å². The Hall–Kier alpha value is -3.42. The van der Waals surface area contributed by atoms with Gasteiger partial charge in [-0.15, -0.1) is 0 Å². The summed E-state index contributed by atoms with van der Waals surface area (Å²) in [5.41, 5.74) is 2.73. The van der Waals surface area contributed by atoms with Gasteiger partial charge in [0.1, 0.15) is 12.3 Å². The molecule has 1 aliphatic rings. The lowest BCUT2D eigenvalue weighted by molar-refractivity contribution is -0.127. The topological polar surface area (TPSA) is 89.4 Å². The maximum Gasteiger partial charge on any atom is 0.268 e. The molecule has 0 saturated carbocycles. The molecule has 138 valence electrons. The summed E-state index contributed by atoms with van der Waals surface area (Å²) in [6.45, 7) is 3.46. The van der Waals surface area contributed by atoms with Gasteiger partial charge in [0, 0.05) is 12.4 Å². The van der Waals surface area contributed by atoms with Crippen LogP contribution in [0.2, 0.25) is 0 Å². The summed E-state index contributed by atoms with van der Waals surface area (Å²) < 4.78 is 7.29. The summed E-state index contributed by atoms with van der Waals surface area (Å²) in [4.78, 5) is 30.9. The summed E-state index contributed by atoms with van der Waals surface area (Å²) >= 11 is 0. The van der Waals surface area contributed by atoms with Gasteiger partial charge in [-0.2, -0.15) is 5.10 Å². The van der Waals surface area contributed by atoms with Gasteiger partial charge in [-0.3, -0.25) is 19.2 Å². The van der Waals surface area contributed by atoms with Crippen molar-refractivity contribution in [1.29, 1.82) is 0 Å². The van der Waals surface area contributed by atoms with E-state index < -0.39 is 6.10 Å². The van der Waals surface area contributed by atoms with Crippen LogP contribution in [0.1, 0.15) is 12.6 Å². The predicted octanol–water partition coefficient (Wildman–Crippen LogP) is 2.03. The summed E-state index contributed by atoms with van der Waals surface area (Å²) in [7, 11) is 1.82. The maximum absolute atomic E-state index is 12.6. The van der Waals surface area contributed by atoms with E-state index in [4.69, 9.17) is 4.74 Å². The van der Waals surface area contributed by atoms with E-state index in [1.807, 2.05) is 26.1 Å². The summed E-state index contributed by atoms with van der Waals surface area (Å²) in [6.07, 6.45) is 0.947. The highest BCUT2D eigenvalue weighted by Gasteiger charge is 2.32. The van der Waals surface area contributed by atoms with Gasteiger partial charge in [0.2, 0.25) is 5.91 Å². The molecule has 1 aliphatic heterocycles. The third-order valence-corrected chi connectivity index (χ3v) is 4.52. The number of anilines is 2. The molecule has 0 bridgehead atoms. The third kappa shape index (κ3) is 2.99. The molecule has 0 radical (unpaired) electrons. The van der Waals surface area contributed by atoms with Gasteiger partial charge in [-0.25, -0.2) is 4.98 Å². The number of rotatable bonds is 3. The molecule has 8 heteroatoms. The molecule has 1 aromatic carbocycles. The van der Waals surface area contributed by atoms with Crippen molar-refractivity contribution < 1.29 is 14.3 Å². The molecule has 27 heavy (non-hydrogen) atoms. The van der Waals surface area contributed by atoms with Crippen molar-refractivity contribution in [2.24, 2.45) is 7.05 Å². The van der Waals surface area contributed by atoms with Crippen LogP contribution in [0.25, 0.3) is 11.0 Å². The summed E-state index contributed by atoms with van der Waals surface area (Å²) in [5.74, 6) is 0.0296. The molecule has 1 N–H and O–H groups in total. The highest BCUT2D eigenvalue weighted by Crippen LogP contribution is 2.33. The maximum atomic E-state index is 12.6.